The molecule has 1 N–H and O–H groups in total. The normalized spacial score (nSPS) is 15.9. The molecule has 1 atom stereocenters. The number of aromatic nitrogens is 2. The lowest BCUT2D eigenvalue weighted by atomic mass is 10.1. The molecule has 30 heavy (non-hydrogen) atoms. The van der Waals surface area contributed by atoms with Crippen LogP contribution >= 0.6 is 11.3 Å². The van der Waals surface area contributed by atoms with E-state index in [1.54, 1.807) is 16.0 Å². The number of nitrogens with zero attached hydrogens (tertiary/aromatic N) is 4. The van der Waals surface area contributed by atoms with Crippen molar-refractivity contribution in [1.82, 2.24) is 20.0 Å². The van der Waals surface area contributed by atoms with Crippen molar-refractivity contribution in [3.8, 4) is 11.1 Å². The molecule has 0 aliphatic carbocycles. The van der Waals surface area contributed by atoms with E-state index in [1.165, 1.54) is 0 Å². The summed E-state index contributed by atoms with van der Waals surface area (Å²) in [4.78, 5) is 18.9. The van der Waals surface area contributed by atoms with Gasteiger partial charge in [0, 0.05) is 61.1 Å². The summed E-state index contributed by atoms with van der Waals surface area (Å²) in [5.74, 6) is -0.0210. The monoisotopic (exact) mass is 423 g/mol. The average Bonchev–Trinajstić information content (AvgIpc) is 3.38. The molecule has 158 valence electrons. The van der Waals surface area contributed by atoms with E-state index in [1.807, 2.05) is 39.4 Å². The van der Waals surface area contributed by atoms with Crippen LogP contribution in [0.4, 0.5) is 5.69 Å². The number of aryl methyl sites for hydroxylation is 2. The summed E-state index contributed by atoms with van der Waals surface area (Å²) in [6, 6.07) is 8.30. The molecule has 0 saturated carbocycles. The first-order chi connectivity index (χ1) is 14.4. The fourth-order valence-corrected chi connectivity index (χ4v) is 4.69. The maximum absolute atomic E-state index is 13.1. The van der Waals surface area contributed by atoms with Gasteiger partial charge in [0.15, 0.2) is 0 Å². The SMILES string of the molecule is Cc1ccc(N2CCN(C)CC2)cc1C(=O)N[C@H](C)c1cc(-c2cnn(C)c2)cs1. The molecular formula is C23H29N5OS. The Bertz CT molecular complexity index is 1030. The van der Waals surface area contributed by atoms with Crippen LogP contribution in [0.1, 0.15) is 33.8 Å². The van der Waals surface area contributed by atoms with Crippen molar-refractivity contribution in [2.75, 3.05) is 38.1 Å². The Hall–Kier alpha value is -2.64. The molecule has 1 fully saturated rings. The van der Waals surface area contributed by atoms with Gasteiger partial charge in [-0.1, -0.05) is 6.07 Å². The summed E-state index contributed by atoms with van der Waals surface area (Å²) in [6.07, 6.45) is 3.87. The fraction of sp³-hybridized carbons (Fsp3) is 0.391. The summed E-state index contributed by atoms with van der Waals surface area (Å²) >= 11 is 1.66. The first-order valence-corrected chi connectivity index (χ1v) is 11.2. The Kier molecular flexibility index (Phi) is 5.92. The van der Waals surface area contributed by atoms with Gasteiger partial charge in [0.25, 0.3) is 5.91 Å². The molecule has 2 aromatic heterocycles. The van der Waals surface area contributed by atoms with Crippen molar-refractivity contribution in [2.24, 2.45) is 7.05 Å². The molecule has 1 aromatic carbocycles. The summed E-state index contributed by atoms with van der Waals surface area (Å²) in [5, 5.41) is 9.54. The zero-order valence-corrected chi connectivity index (χ0v) is 18.9. The van der Waals surface area contributed by atoms with Crippen molar-refractivity contribution < 1.29 is 4.79 Å². The van der Waals surface area contributed by atoms with E-state index in [-0.39, 0.29) is 11.9 Å². The number of anilines is 1. The number of likely N-dealkylation sites (N-methyl/N-ethyl adjacent to an activating group) is 1. The Morgan fingerprint density at radius 1 is 1.13 bits per heavy atom. The van der Waals surface area contributed by atoms with Gasteiger partial charge in [-0.2, -0.15) is 5.10 Å². The molecule has 6 nitrogen and oxygen atoms in total. The maximum Gasteiger partial charge on any atom is 0.252 e. The molecule has 3 heterocycles. The molecule has 0 bridgehead atoms. The van der Waals surface area contributed by atoms with E-state index < -0.39 is 0 Å². The number of carbonyl (C=O) groups is 1. The minimum Gasteiger partial charge on any atom is -0.369 e. The van der Waals surface area contributed by atoms with Gasteiger partial charge in [0.2, 0.25) is 0 Å². The van der Waals surface area contributed by atoms with Crippen molar-refractivity contribution in [1.29, 1.82) is 0 Å². The van der Waals surface area contributed by atoms with Crippen molar-refractivity contribution in [3.63, 3.8) is 0 Å². The topological polar surface area (TPSA) is 53.4 Å². The summed E-state index contributed by atoms with van der Waals surface area (Å²) < 4.78 is 1.80. The highest BCUT2D eigenvalue weighted by Gasteiger charge is 2.19. The van der Waals surface area contributed by atoms with Crippen molar-refractivity contribution in [3.05, 3.63) is 58.0 Å². The van der Waals surface area contributed by atoms with Gasteiger partial charge >= 0.3 is 0 Å². The second-order valence-corrected chi connectivity index (χ2v) is 9.07. The van der Waals surface area contributed by atoms with Crippen LogP contribution in [0.25, 0.3) is 11.1 Å². The molecule has 0 spiro atoms. The Morgan fingerprint density at radius 3 is 2.60 bits per heavy atom. The van der Waals surface area contributed by atoms with Crippen molar-refractivity contribution >= 4 is 22.9 Å². The van der Waals surface area contributed by atoms with Crippen LogP contribution in [0.5, 0.6) is 0 Å². The molecule has 1 aliphatic rings. The maximum atomic E-state index is 13.1. The van der Waals surface area contributed by atoms with Crippen LogP contribution in [0, 0.1) is 6.92 Å². The van der Waals surface area contributed by atoms with E-state index >= 15 is 0 Å². The van der Waals surface area contributed by atoms with Gasteiger partial charge in [-0.05, 0) is 55.6 Å². The zero-order chi connectivity index (χ0) is 21.3. The molecule has 1 amide bonds. The molecule has 1 aliphatic heterocycles. The summed E-state index contributed by atoms with van der Waals surface area (Å²) in [7, 11) is 4.06. The predicted molar refractivity (Wildman–Crippen MR) is 123 cm³/mol. The standard InChI is InChI=1S/C23H29N5OS/c1-16-5-6-20(28-9-7-26(3)8-10-28)12-21(16)23(29)25-17(2)22-11-18(15-30-22)19-13-24-27(4)14-19/h5-6,11-15,17H,7-10H2,1-4H3,(H,25,29)/t17-/m1/s1. The molecule has 0 unspecified atom stereocenters. The lowest BCUT2D eigenvalue weighted by molar-refractivity contribution is 0.0940. The van der Waals surface area contributed by atoms with Crippen LogP contribution in [0.15, 0.2) is 42.0 Å². The number of carbonyl (C=O) groups excluding carboxylic acids is 1. The van der Waals surface area contributed by atoms with Crippen LogP contribution in [-0.4, -0.2) is 53.8 Å². The quantitative estimate of drug-likeness (QED) is 0.680. The predicted octanol–water partition coefficient (Wildman–Crippen LogP) is 3.70. The molecular weight excluding hydrogens is 394 g/mol. The molecule has 7 heteroatoms. The molecule has 0 radical (unpaired) electrons. The second-order valence-electron chi connectivity index (χ2n) is 8.13. The third-order valence-corrected chi connectivity index (χ3v) is 6.88. The highest BCUT2D eigenvalue weighted by molar-refractivity contribution is 7.10. The van der Waals surface area contributed by atoms with Crippen LogP contribution in [-0.2, 0) is 7.05 Å². The van der Waals surface area contributed by atoms with E-state index in [9.17, 15) is 4.79 Å². The third kappa shape index (κ3) is 4.42. The smallest absolute Gasteiger partial charge is 0.252 e. The second kappa shape index (κ2) is 8.62. The number of hydrogen-bond donors (Lipinski definition) is 1. The van der Waals surface area contributed by atoms with E-state index in [0.717, 1.165) is 59.0 Å². The Balaban J connectivity index is 1.47. The first-order valence-electron chi connectivity index (χ1n) is 10.3. The van der Waals surface area contributed by atoms with E-state index in [4.69, 9.17) is 0 Å². The lowest BCUT2D eigenvalue weighted by Gasteiger charge is -2.34. The highest BCUT2D eigenvalue weighted by atomic mass is 32.1. The fourth-order valence-electron chi connectivity index (χ4n) is 3.76. The van der Waals surface area contributed by atoms with Gasteiger partial charge in [-0.15, -0.1) is 11.3 Å². The Morgan fingerprint density at radius 2 is 1.90 bits per heavy atom. The minimum atomic E-state index is -0.0559. The molecule has 3 aromatic rings. The lowest BCUT2D eigenvalue weighted by Crippen LogP contribution is -2.44. The van der Waals surface area contributed by atoms with Gasteiger partial charge in [-0.3, -0.25) is 9.48 Å². The number of rotatable bonds is 5. The first kappa shape index (κ1) is 20.6. The van der Waals surface area contributed by atoms with Gasteiger partial charge in [0.1, 0.15) is 0 Å². The average molecular weight is 424 g/mol. The van der Waals surface area contributed by atoms with Gasteiger partial charge < -0.3 is 15.1 Å². The summed E-state index contributed by atoms with van der Waals surface area (Å²) in [6.45, 7) is 8.11. The van der Waals surface area contributed by atoms with Gasteiger partial charge in [0.05, 0.1) is 12.2 Å². The zero-order valence-electron chi connectivity index (χ0n) is 18.1. The number of hydrogen-bond acceptors (Lipinski definition) is 5. The van der Waals surface area contributed by atoms with Crippen molar-refractivity contribution in [2.45, 2.75) is 19.9 Å². The minimum absolute atomic E-state index is 0.0210. The number of amides is 1. The number of piperazine rings is 1. The third-order valence-electron chi connectivity index (χ3n) is 5.77. The number of nitrogens with one attached hydrogen (secondary N) is 1. The van der Waals surface area contributed by atoms with E-state index in [2.05, 4.69) is 50.8 Å². The van der Waals surface area contributed by atoms with Crippen LogP contribution in [0.2, 0.25) is 0 Å². The summed E-state index contributed by atoms with van der Waals surface area (Å²) in [5.41, 5.74) is 5.11. The van der Waals surface area contributed by atoms with Gasteiger partial charge in [-0.25, -0.2) is 0 Å². The molecule has 4 rings (SSSR count). The molecule has 1 saturated heterocycles. The number of benzene rings is 1. The Labute approximate surface area is 182 Å². The number of thiophene rings is 1. The van der Waals surface area contributed by atoms with E-state index in [0.29, 0.717) is 0 Å². The van der Waals surface area contributed by atoms with Crippen LogP contribution < -0.4 is 10.2 Å². The highest BCUT2D eigenvalue weighted by Crippen LogP contribution is 2.29. The largest absolute Gasteiger partial charge is 0.369 e. The van der Waals surface area contributed by atoms with Crippen LogP contribution in [0.3, 0.4) is 0 Å².